The van der Waals surface area contributed by atoms with Gasteiger partial charge in [0.05, 0.1) is 17.6 Å². The molecule has 0 bridgehead atoms. The molecule has 3 N–H and O–H groups in total. The van der Waals surface area contributed by atoms with Gasteiger partial charge in [0.25, 0.3) is 0 Å². The number of rotatable bonds is 8. The Hall–Kier alpha value is -1.25. The van der Waals surface area contributed by atoms with E-state index in [2.05, 4.69) is 24.1 Å². The number of aromatic nitrogens is 1. The number of hydrogen-bond donors (Lipinski definition) is 2. The van der Waals surface area contributed by atoms with Gasteiger partial charge in [-0.1, -0.05) is 39.5 Å². The van der Waals surface area contributed by atoms with E-state index in [9.17, 15) is 0 Å². The number of unbranched alkanes of at least 4 members (excludes halogenated alkanes) is 3. The molecule has 0 aliphatic heterocycles. The van der Waals surface area contributed by atoms with Crippen molar-refractivity contribution in [1.82, 2.24) is 4.98 Å². The van der Waals surface area contributed by atoms with E-state index in [-0.39, 0.29) is 0 Å². The fraction of sp³-hybridized carbons (Fsp3) is 0.643. The summed E-state index contributed by atoms with van der Waals surface area (Å²) >= 11 is 0. The molecule has 0 radical (unpaired) electrons. The van der Waals surface area contributed by atoms with Gasteiger partial charge < -0.3 is 11.1 Å². The van der Waals surface area contributed by atoms with Crippen molar-refractivity contribution in [1.29, 1.82) is 0 Å². The monoisotopic (exact) mass is 235 g/mol. The summed E-state index contributed by atoms with van der Waals surface area (Å²) in [5, 5.41) is 3.34. The largest absolute Gasteiger partial charge is 0.397 e. The summed E-state index contributed by atoms with van der Waals surface area (Å²) in [5.74, 6) is 0.839. The number of hydrogen-bond acceptors (Lipinski definition) is 3. The average molecular weight is 235 g/mol. The van der Waals surface area contributed by atoms with Crippen molar-refractivity contribution in [2.75, 3.05) is 17.6 Å². The maximum Gasteiger partial charge on any atom is 0.0547 e. The van der Waals surface area contributed by atoms with Crippen molar-refractivity contribution >= 4 is 11.4 Å². The van der Waals surface area contributed by atoms with Crippen molar-refractivity contribution in [3.8, 4) is 0 Å². The lowest BCUT2D eigenvalue weighted by atomic mass is 10.0. The molecule has 1 aromatic heterocycles. The zero-order valence-corrected chi connectivity index (χ0v) is 11.1. The molecule has 0 saturated heterocycles. The molecule has 0 saturated carbocycles. The normalized spacial score (nSPS) is 10.8. The Bertz CT molecular complexity index is 310. The molecule has 0 atom stereocenters. The van der Waals surface area contributed by atoms with Crippen molar-refractivity contribution in [2.45, 2.75) is 46.0 Å². The van der Waals surface area contributed by atoms with Gasteiger partial charge in [0.2, 0.25) is 0 Å². The molecule has 96 valence electrons. The number of pyridine rings is 1. The molecule has 3 heteroatoms. The van der Waals surface area contributed by atoms with Crippen LogP contribution in [0, 0.1) is 5.92 Å². The molecule has 0 aromatic carbocycles. The van der Waals surface area contributed by atoms with Crippen LogP contribution in [0.4, 0.5) is 11.4 Å². The predicted molar refractivity (Wildman–Crippen MR) is 75.1 cm³/mol. The third kappa shape index (κ3) is 6.82. The van der Waals surface area contributed by atoms with Gasteiger partial charge in [0.15, 0.2) is 0 Å². The van der Waals surface area contributed by atoms with Crippen LogP contribution in [0.15, 0.2) is 18.5 Å². The minimum Gasteiger partial charge on any atom is -0.397 e. The molecule has 0 spiro atoms. The third-order valence-corrected chi connectivity index (χ3v) is 2.80. The van der Waals surface area contributed by atoms with Crippen LogP contribution in [0.25, 0.3) is 0 Å². The fourth-order valence-electron chi connectivity index (χ4n) is 1.82. The molecule has 0 fully saturated rings. The SMILES string of the molecule is CC(C)CCCCCCNc1cncc(N)c1. The highest BCUT2D eigenvalue weighted by atomic mass is 14.9. The van der Waals surface area contributed by atoms with Crippen LogP contribution in [0.3, 0.4) is 0 Å². The van der Waals surface area contributed by atoms with E-state index in [1.54, 1.807) is 6.20 Å². The van der Waals surface area contributed by atoms with Crippen molar-refractivity contribution in [2.24, 2.45) is 5.92 Å². The minimum absolute atomic E-state index is 0.715. The predicted octanol–water partition coefficient (Wildman–Crippen LogP) is 3.68. The van der Waals surface area contributed by atoms with Gasteiger partial charge in [-0.2, -0.15) is 0 Å². The summed E-state index contributed by atoms with van der Waals surface area (Å²) in [6.07, 6.45) is 10.0. The van der Waals surface area contributed by atoms with Crippen molar-refractivity contribution in [3.05, 3.63) is 18.5 Å². The Morgan fingerprint density at radius 3 is 2.65 bits per heavy atom. The van der Waals surface area contributed by atoms with E-state index in [0.717, 1.165) is 18.2 Å². The van der Waals surface area contributed by atoms with E-state index in [4.69, 9.17) is 5.73 Å². The Kier molecular flexibility index (Phi) is 6.45. The van der Waals surface area contributed by atoms with Crippen LogP contribution in [0.1, 0.15) is 46.0 Å². The van der Waals surface area contributed by atoms with Gasteiger partial charge in [-0.25, -0.2) is 0 Å². The molecule has 0 unspecified atom stereocenters. The Labute approximate surface area is 105 Å². The standard InChI is InChI=1S/C14H25N3/c1-12(2)7-5-3-4-6-8-17-14-9-13(15)10-16-11-14/h9-12,17H,3-8,15H2,1-2H3. The van der Waals surface area contributed by atoms with Crippen LogP contribution in [-0.4, -0.2) is 11.5 Å². The van der Waals surface area contributed by atoms with E-state index in [1.165, 1.54) is 32.1 Å². The summed E-state index contributed by atoms with van der Waals surface area (Å²) in [6.45, 7) is 5.58. The smallest absolute Gasteiger partial charge is 0.0547 e. The molecule has 3 nitrogen and oxygen atoms in total. The number of anilines is 2. The molecule has 1 heterocycles. The Morgan fingerprint density at radius 1 is 1.18 bits per heavy atom. The van der Waals surface area contributed by atoms with Crippen molar-refractivity contribution in [3.63, 3.8) is 0 Å². The zero-order valence-electron chi connectivity index (χ0n) is 11.1. The summed E-state index contributed by atoms with van der Waals surface area (Å²) in [7, 11) is 0. The number of nitrogens with one attached hydrogen (secondary N) is 1. The minimum atomic E-state index is 0.715. The highest BCUT2D eigenvalue weighted by molar-refractivity contribution is 5.51. The van der Waals surface area contributed by atoms with Gasteiger partial charge in [-0.05, 0) is 18.4 Å². The van der Waals surface area contributed by atoms with E-state index in [0.29, 0.717) is 5.69 Å². The second kappa shape index (κ2) is 7.93. The molecule has 0 amide bonds. The van der Waals surface area contributed by atoms with E-state index < -0.39 is 0 Å². The first kappa shape index (κ1) is 13.8. The molecular weight excluding hydrogens is 210 g/mol. The summed E-state index contributed by atoms with van der Waals surface area (Å²) in [5.41, 5.74) is 7.39. The highest BCUT2D eigenvalue weighted by Crippen LogP contribution is 2.11. The van der Waals surface area contributed by atoms with E-state index in [1.807, 2.05) is 12.3 Å². The molecule has 0 aliphatic rings. The Morgan fingerprint density at radius 2 is 1.94 bits per heavy atom. The lowest BCUT2D eigenvalue weighted by Gasteiger charge is -2.07. The van der Waals surface area contributed by atoms with E-state index >= 15 is 0 Å². The number of nitrogen functional groups attached to an aromatic ring is 1. The first-order chi connectivity index (χ1) is 8.18. The molecule has 1 rings (SSSR count). The zero-order chi connectivity index (χ0) is 12.5. The second-order valence-corrected chi connectivity index (χ2v) is 5.03. The number of nitrogens with two attached hydrogens (primary N) is 1. The van der Waals surface area contributed by atoms with Gasteiger partial charge in [0.1, 0.15) is 0 Å². The maximum atomic E-state index is 5.65. The van der Waals surface area contributed by atoms with Crippen LogP contribution in [0.2, 0.25) is 0 Å². The van der Waals surface area contributed by atoms with Crippen LogP contribution >= 0.6 is 0 Å². The van der Waals surface area contributed by atoms with Crippen LogP contribution in [0.5, 0.6) is 0 Å². The van der Waals surface area contributed by atoms with Gasteiger partial charge >= 0.3 is 0 Å². The third-order valence-electron chi connectivity index (χ3n) is 2.80. The van der Waals surface area contributed by atoms with Gasteiger partial charge in [-0.15, -0.1) is 0 Å². The molecular formula is C14H25N3. The maximum absolute atomic E-state index is 5.65. The number of nitrogens with zero attached hydrogens (tertiary/aromatic N) is 1. The first-order valence-electron chi connectivity index (χ1n) is 6.63. The fourth-order valence-corrected chi connectivity index (χ4v) is 1.82. The quantitative estimate of drug-likeness (QED) is 0.676. The van der Waals surface area contributed by atoms with Crippen LogP contribution < -0.4 is 11.1 Å². The van der Waals surface area contributed by atoms with Crippen molar-refractivity contribution < 1.29 is 0 Å². The Balaban J connectivity index is 2.01. The van der Waals surface area contributed by atoms with Crippen LogP contribution in [-0.2, 0) is 0 Å². The lowest BCUT2D eigenvalue weighted by molar-refractivity contribution is 0.523. The lowest BCUT2D eigenvalue weighted by Crippen LogP contribution is -2.02. The summed E-state index contributed by atoms with van der Waals surface area (Å²) in [4.78, 5) is 4.04. The van der Waals surface area contributed by atoms with Gasteiger partial charge in [0, 0.05) is 12.7 Å². The summed E-state index contributed by atoms with van der Waals surface area (Å²) < 4.78 is 0. The van der Waals surface area contributed by atoms with Gasteiger partial charge in [-0.3, -0.25) is 4.98 Å². The second-order valence-electron chi connectivity index (χ2n) is 5.03. The highest BCUT2D eigenvalue weighted by Gasteiger charge is 1.95. The first-order valence-corrected chi connectivity index (χ1v) is 6.63. The topological polar surface area (TPSA) is 50.9 Å². The summed E-state index contributed by atoms with van der Waals surface area (Å²) in [6, 6.07) is 1.92. The average Bonchev–Trinajstić information content (AvgIpc) is 2.27. The molecule has 17 heavy (non-hydrogen) atoms. The molecule has 0 aliphatic carbocycles. The molecule has 1 aromatic rings.